The molecule has 0 N–H and O–H groups in total. The molecule has 0 saturated carbocycles. The molecule has 0 aliphatic heterocycles. The van der Waals surface area contributed by atoms with E-state index in [0.29, 0.717) is 0 Å². The average Bonchev–Trinajstić information content (AvgIpc) is 2.20. The zero-order valence-corrected chi connectivity index (χ0v) is 15.0. The minimum atomic E-state index is 0.913. The Labute approximate surface area is 129 Å². The first kappa shape index (κ1) is 12.6. The van der Waals surface area contributed by atoms with Crippen LogP contribution in [0.25, 0.3) is 10.8 Å². The van der Waals surface area contributed by atoms with Crippen LogP contribution in [0.3, 0.4) is 0 Å². The number of halogens is 5. The maximum Gasteiger partial charge on any atom is 0.0472 e. The molecule has 0 aromatic heterocycles. The summed E-state index contributed by atoms with van der Waals surface area (Å²) in [4.78, 5) is 0. The molecule has 0 amide bonds. The lowest BCUT2D eigenvalue weighted by Gasteiger charge is -2.08. The van der Waals surface area contributed by atoms with Gasteiger partial charge in [0.15, 0.2) is 0 Å². The minimum absolute atomic E-state index is 0.913. The van der Waals surface area contributed by atoms with E-state index in [0.717, 1.165) is 33.1 Å². The van der Waals surface area contributed by atoms with Crippen molar-refractivity contribution >= 4 is 90.4 Å². The number of benzene rings is 2. The SMILES string of the molecule is Brc1[c]c2ccc(Br)c(Br)c2c(Br)c1Br. The van der Waals surface area contributed by atoms with Crippen molar-refractivity contribution in [1.82, 2.24) is 0 Å². The zero-order valence-electron chi connectivity index (χ0n) is 7.04. The molecule has 2 rings (SSSR count). The van der Waals surface area contributed by atoms with E-state index in [2.05, 4.69) is 85.7 Å². The first-order chi connectivity index (χ1) is 7.02. The van der Waals surface area contributed by atoms with Gasteiger partial charge in [0.1, 0.15) is 0 Å². The van der Waals surface area contributed by atoms with Gasteiger partial charge in [-0.25, -0.2) is 0 Å². The van der Waals surface area contributed by atoms with Crippen LogP contribution in [0.15, 0.2) is 34.5 Å². The third kappa shape index (κ3) is 2.23. The maximum atomic E-state index is 3.57. The molecule has 77 valence electrons. The van der Waals surface area contributed by atoms with Crippen molar-refractivity contribution in [3.63, 3.8) is 0 Å². The molecule has 0 unspecified atom stereocenters. The Morgan fingerprint density at radius 2 is 1.47 bits per heavy atom. The van der Waals surface area contributed by atoms with Crippen LogP contribution in [0.2, 0.25) is 0 Å². The summed E-state index contributed by atoms with van der Waals surface area (Å²) in [5, 5.41) is 2.14. The highest BCUT2D eigenvalue weighted by molar-refractivity contribution is 9.14. The van der Waals surface area contributed by atoms with Gasteiger partial charge in [-0.2, -0.15) is 0 Å². The highest BCUT2D eigenvalue weighted by Crippen LogP contribution is 2.42. The monoisotopic (exact) mass is 517 g/mol. The van der Waals surface area contributed by atoms with Gasteiger partial charge in [0.05, 0.1) is 0 Å². The van der Waals surface area contributed by atoms with E-state index in [4.69, 9.17) is 0 Å². The fourth-order valence-electron chi connectivity index (χ4n) is 1.25. The molecule has 0 heterocycles. The number of hydrogen-bond acceptors (Lipinski definition) is 0. The molecule has 0 atom stereocenters. The molecule has 15 heavy (non-hydrogen) atoms. The molecule has 0 aliphatic rings. The summed E-state index contributed by atoms with van der Waals surface area (Å²) in [7, 11) is 0. The Morgan fingerprint density at radius 1 is 0.800 bits per heavy atom. The van der Waals surface area contributed by atoms with Crippen LogP contribution in [0.4, 0.5) is 0 Å². The fraction of sp³-hybridized carbons (Fsp3) is 0. The van der Waals surface area contributed by atoms with Crippen LogP contribution in [0, 0.1) is 6.07 Å². The lowest BCUT2D eigenvalue weighted by Crippen LogP contribution is -1.82. The Hall–Kier alpha value is 1.10. The summed E-state index contributed by atoms with van der Waals surface area (Å²) >= 11 is 17.6. The quantitative estimate of drug-likeness (QED) is 0.350. The molecule has 2 aromatic rings. The van der Waals surface area contributed by atoms with E-state index >= 15 is 0 Å². The van der Waals surface area contributed by atoms with E-state index in [1.807, 2.05) is 12.1 Å². The van der Waals surface area contributed by atoms with Gasteiger partial charge in [-0.3, -0.25) is 0 Å². The summed E-state index contributed by atoms with van der Waals surface area (Å²) in [5.41, 5.74) is 0. The molecule has 0 fully saturated rings. The fourth-order valence-corrected chi connectivity index (χ4v) is 3.97. The van der Waals surface area contributed by atoms with Crippen LogP contribution in [0.1, 0.15) is 0 Å². The summed E-state index contributed by atoms with van der Waals surface area (Å²) in [6.07, 6.45) is 0. The second kappa shape index (κ2) is 4.77. The molecule has 1 radical (unpaired) electrons. The average molecular weight is 522 g/mol. The lowest BCUT2D eigenvalue weighted by atomic mass is 10.1. The highest BCUT2D eigenvalue weighted by Gasteiger charge is 2.12. The molecule has 5 heteroatoms. The molecular formula is C10H2Br5. The number of rotatable bonds is 0. The maximum absolute atomic E-state index is 3.57. The second-order valence-electron chi connectivity index (χ2n) is 2.85. The van der Waals surface area contributed by atoms with Gasteiger partial charge in [0.25, 0.3) is 0 Å². The second-order valence-corrected chi connectivity index (χ2v) is 6.88. The van der Waals surface area contributed by atoms with E-state index in [1.165, 1.54) is 0 Å². The predicted octanol–water partition coefficient (Wildman–Crippen LogP) is 6.45. The lowest BCUT2D eigenvalue weighted by molar-refractivity contribution is 1.55. The van der Waals surface area contributed by atoms with Crippen molar-refractivity contribution in [2.45, 2.75) is 0 Å². The van der Waals surface area contributed by atoms with E-state index in [9.17, 15) is 0 Å². The Bertz CT molecular complexity index is 547. The molecule has 0 saturated heterocycles. The summed E-state index contributed by atoms with van der Waals surface area (Å²) in [6, 6.07) is 7.27. The molecule has 0 aliphatic carbocycles. The first-order valence-electron chi connectivity index (χ1n) is 3.86. The minimum Gasteiger partial charge on any atom is -0.0525 e. The van der Waals surface area contributed by atoms with Gasteiger partial charge in [-0.05, 0) is 91.1 Å². The van der Waals surface area contributed by atoms with Gasteiger partial charge < -0.3 is 0 Å². The highest BCUT2D eigenvalue weighted by atomic mass is 79.9. The van der Waals surface area contributed by atoms with Crippen LogP contribution < -0.4 is 0 Å². The van der Waals surface area contributed by atoms with Gasteiger partial charge >= 0.3 is 0 Å². The Balaban J connectivity index is 3.00. The standard InChI is InChI=1S/C10H2Br5/c11-5-2-1-4-3-6(12)9(14)10(15)7(4)8(5)13/h1-2H. The van der Waals surface area contributed by atoms with Gasteiger partial charge in [0.2, 0.25) is 0 Å². The van der Waals surface area contributed by atoms with Crippen molar-refractivity contribution in [1.29, 1.82) is 0 Å². The van der Waals surface area contributed by atoms with Crippen molar-refractivity contribution in [2.24, 2.45) is 0 Å². The third-order valence-electron chi connectivity index (χ3n) is 1.94. The zero-order chi connectivity index (χ0) is 11.2. The Morgan fingerprint density at radius 3 is 2.13 bits per heavy atom. The van der Waals surface area contributed by atoms with Crippen LogP contribution >= 0.6 is 79.6 Å². The van der Waals surface area contributed by atoms with Crippen molar-refractivity contribution in [2.75, 3.05) is 0 Å². The van der Waals surface area contributed by atoms with Crippen molar-refractivity contribution in [3.05, 3.63) is 40.6 Å². The van der Waals surface area contributed by atoms with Gasteiger partial charge in [0, 0.05) is 33.8 Å². The topological polar surface area (TPSA) is 0 Å². The van der Waals surface area contributed by atoms with Gasteiger partial charge in [-0.15, -0.1) is 0 Å². The summed E-state index contributed by atoms with van der Waals surface area (Å²) in [6.45, 7) is 0. The van der Waals surface area contributed by atoms with E-state index in [-0.39, 0.29) is 0 Å². The summed E-state index contributed by atoms with van der Waals surface area (Å²) < 4.78 is 4.94. The smallest absolute Gasteiger partial charge is 0.0472 e. The van der Waals surface area contributed by atoms with E-state index in [1.54, 1.807) is 0 Å². The molecule has 0 nitrogen and oxygen atoms in total. The van der Waals surface area contributed by atoms with E-state index < -0.39 is 0 Å². The van der Waals surface area contributed by atoms with Gasteiger partial charge in [-0.1, -0.05) is 6.07 Å². The molecule has 0 bridgehead atoms. The van der Waals surface area contributed by atoms with Crippen LogP contribution in [-0.4, -0.2) is 0 Å². The molecule has 0 spiro atoms. The summed E-state index contributed by atoms with van der Waals surface area (Å²) in [5.74, 6) is 0. The van der Waals surface area contributed by atoms with Crippen molar-refractivity contribution in [3.8, 4) is 0 Å². The third-order valence-corrected chi connectivity index (χ3v) is 7.21. The first-order valence-corrected chi connectivity index (χ1v) is 7.82. The van der Waals surface area contributed by atoms with Crippen molar-refractivity contribution < 1.29 is 0 Å². The number of hydrogen-bond donors (Lipinski definition) is 0. The molecule has 2 aromatic carbocycles. The predicted molar refractivity (Wildman–Crippen MR) is 81.3 cm³/mol. The van der Waals surface area contributed by atoms with Crippen LogP contribution in [-0.2, 0) is 0 Å². The largest absolute Gasteiger partial charge is 0.0525 e. The van der Waals surface area contributed by atoms with Crippen LogP contribution in [0.5, 0.6) is 0 Å². The molecular weight excluding hydrogens is 520 g/mol. The Kier molecular flexibility index (Phi) is 3.99. The normalized spacial score (nSPS) is 11.0. The number of fused-ring (bicyclic) bond motifs is 1.